The summed E-state index contributed by atoms with van der Waals surface area (Å²) >= 11 is 0. The minimum absolute atomic E-state index is 0.221. The van der Waals surface area contributed by atoms with Crippen molar-refractivity contribution in [3.8, 4) is 23.1 Å². The maximum atomic E-state index is 15.5. The molecular formula is C30H28FN5O. The molecule has 1 aliphatic heterocycles. The number of fused-ring (bicyclic) bond motifs is 1. The molecule has 2 fully saturated rings. The van der Waals surface area contributed by atoms with Gasteiger partial charge in [-0.2, -0.15) is 0 Å². The molecule has 4 aromatic rings. The zero-order valence-corrected chi connectivity index (χ0v) is 20.7. The van der Waals surface area contributed by atoms with Crippen molar-refractivity contribution in [1.29, 1.82) is 0 Å². The number of nitrogens with one attached hydrogen (secondary N) is 1. The first kappa shape index (κ1) is 23.4. The van der Waals surface area contributed by atoms with Crippen LogP contribution < -0.4 is 5.32 Å². The molecule has 1 aromatic carbocycles. The Labute approximate surface area is 215 Å². The highest BCUT2D eigenvalue weighted by Crippen LogP contribution is 2.40. The molecule has 0 radical (unpaired) electrons. The molecular weight excluding hydrogens is 465 g/mol. The summed E-state index contributed by atoms with van der Waals surface area (Å²) in [5, 5.41) is 2.81. The van der Waals surface area contributed by atoms with Crippen LogP contribution in [0.4, 0.5) is 10.2 Å². The maximum Gasteiger partial charge on any atom is 0.256 e. The van der Waals surface area contributed by atoms with E-state index in [2.05, 4.69) is 38.1 Å². The molecule has 37 heavy (non-hydrogen) atoms. The van der Waals surface area contributed by atoms with Gasteiger partial charge in [0.1, 0.15) is 11.6 Å². The summed E-state index contributed by atoms with van der Waals surface area (Å²) < 4.78 is 17.4. The van der Waals surface area contributed by atoms with E-state index in [0.717, 1.165) is 42.7 Å². The van der Waals surface area contributed by atoms with Gasteiger partial charge in [0.15, 0.2) is 0 Å². The topological polar surface area (TPSA) is 62.5 Å². The Hall–Kier alpha value is -4.02. The third-order valence-electron chi connectivity index (χ3n) is 7.37. The molecule has 3 aromatic heterocycles. The van der Waals surface area contributed by atoms with Crippen LogP contribution in [0.15, 0.2) is 61.2 Å². The van der Waals surface area contributed by atoms with Crippen LogP contribution in [-0.2, 0) is 0 Å². The molecule has 4 heterocycles. The van der Waals surface area contributed by atoms with Crippen molar-refractivity contribution < 1.29 is 9.18 Å². The molecule has 6 rings (SSSR count). The summed E-state index contributed by atoms with van der Waals surface area (Å²) in [6.45, 7) is 3.57. The number of aromatic nitrogens is 3. The van der Waals surface area contributed by atoms with Gasteiger partial charge in [-0.25, -0.2) is 14.4 Å². The first-order valence-electron chi connectivity index (χ1n) is 12.8. The molecule has 7 heteroatoms. The Balaban J connectivity index is 1.30. The second kappa shape index (κ2) is 9.79. The summed E-state index contributed by atoms with van der Waals surface area (Å²) in [5.74, 6) is 6.38. The molecule has 1 saturated heterocycles. The first-order valence-corrected chi connectivity index (χ1v) is 12.8. The van der Waals surface area contributed by atoms with Gasteiger partial charge in [0.2, 0.25) is 0 Å². The third-order valence-corrected chi connectivity index (χ3v) is 7.37. The van der Waals surface area contributed by atoms with Gasteiger partial charge < -0.3 is 5.32 Å². The van der Waals surface area contributed by atoms with E-state index >= 15 is 4.39 Å². The Kier molecular flexibility index (Phi) is 6.19. The number of amides is 1. The average Bonchev–Trinajstić information content (AvgIpc) is 3.56. The second-order valence-electron chi connectivity index (χ2n) is 9.77. The van der Waals surface area contributed by atoms with Crippen molar-refractivity contribution in [2.24, 2.45) is 0 Å². The van der Waals surface area contributed by atoms with Crippen LogP contribution >= 0.6 is 0 Å². The summed E-state index contributed by atoms with van der Waals surface area (Å²) in [5.41, 5.74) is 4.73. The number of pyridine rings is 1. The Morgan fingerprint density at radius 1 is 1.14 bits per heavy atom. The van der Waals surface area contributed by atoms with Crippen LogP contribution in [-0.4, -0.2) is 38.3 Å². The number of carbonyl (C=O) groups is 1. The molecule has 1 atom stereocenters. The van der Waals surface area contributed by atoms with Crippen molar-refractivity contribution in [3.63, 3.8) is 0 Å². The first-order chi connectivity index (χ1) is 18.1. The lowest BCUT2D eigenvalue weighted by Crippen LogP contribution is -2.23. The van der Waals surface area contributed by atoms with Crippen molar-refractivity contribution in [2.45, 2.75) is 44.6 Å². The van der Waals surface area contributed by atoms with E-state index in [1.54, 1.807) is 30.9 Å². The molecule has 1 N–H and O–H groups in total. The van der Waals surface area contributed by atoms with Crippen LogP contribution in [0.5, 0.6) is 0 Å². The van der Waals surface area contributed by atoms with Gasteiger partial charge in [-0.05, 0) is 98.7 Å². The normalized spacial score (nSPS) is 17.5. The Bertz CT molecular complexity index is 1540. The lowest BCUT2D eigenvalue weighted by molar-refractivity contribution is 0.102. The van der Waals surface area contributed by atoms with Gasteiger partial charge in [0.05, 0.1) is 24.1 Å². The highest BCUT2D eigenvalue weighted by atomic mass is 19.1. The van der Waals surface area contributed by atoms with Crippen LogP contribution in [0.25, 0.3) is 16.8 Å². The molecule has 1 aliphatic carbocycles. The minimum Gasteiger partial charge on any atom is -0.307 e. The van der Waals surface area contributed by atoms with Gasteiger partial charge >= 0.3 is 0 Å². The standard InChI is InChI=1S/C30H28FN5O/c1-2-3-14-35-15-4-5-26(35)24-18-28(36-19-32-12-11-27(24)36)23-9-8-22(16-25(23)31)30(37)34-29-17-21(10-13-33-29)20-6-7-20/h8-13,16-20,26H,4-7,14-15H2,1H3,(H,33,34,37). The maximum absolute atomic E-state index is 15.5. The predicted molar refractivity (Wildman–Crippen MR) is 142 cm³/mol. The van der Waals surface area contributed by atoms with Gasteiger partial charge in [-0.15, -0.1) is 5.92 Å². The fourth-order valence-electron chi connectivity index (χ4n) is 5.34. The monoisotopic (exact) mass is 493 g/mol. The molecule has 0 bridgehead atoms. The van der Waals surface area contributed by atoms with Crippen molar-refractivity contribution in [1.82, 2.24) is 19.3 Å². The van der Waals surface area contributed by atoms with Crippen LogP contribution in [0.1, 0.15) is 66.1 Å². The molecule has 186 valence electrons. The number of halogens is 1. The van der Waals surface area contributed by atoms with E-state index in [4.69, 9.17) is 0 Å². The third kappa shape index (κ3) is 4.61. The molecule has 6 nitrogen and oxygen atoms in total. The van der Waals surface area contributed by atoms with Crippen molar-refractivity contribution in [2.75, 3.05) is 18.4 Å². The highest BCUT2D eigenvalue weighted by Gasteiger charge is 2.29. The fourth-order valence-corrected chi connectivity index (χ4v) is 5.34. The number of likely N-dealkylation sites (tertiary alicyclic amines) is 1. The minimum atomic E-state index is -0.456. The smallest absolute Gasteiger partial charge is 0.256 e. The molecule has 2 aliphatic rings. The van der Waals surface area contributed by atoms with Gasteiger partial charge in [0.25, 0.3) is 5.91 Å². The summed E-state index contributed by atoms with van der Waals surface area (Å²) in [6.07, 6.45) is 9.66. The number of hydrogen-bond acceptors (Lipinski definition) is 4. The van der Waals surface area contributed by atoms with Gasteiger partial charge in [-0.1, -0.05) is 5.92 Å². The number of benzene rings is 1. The summed E-state index contributed by atoms with van der Waals surface area (Å²) in [4.78, 5) is 23.8. The molecule has 1 unspecified atom stereocenters. The molecule has 1 amide bonds. The fraction of sp³-hybridized carbons (Fsp3) is 0.300. The average molecular weight is 494 g/mol. The van der Waals surface area contributed by atoms with E-state index in [1.807, 2.05) is 29.5 Å². The number of nitrogens with zero attached hydrogens (tertiary/aromatic N) is 4. The van der Waals surface area contributed by atoms with Crippen LogP contribution in [0.3, 0.4) is 0 Å². The van der Waals surface area contributed by atoms with Crippen LogP contribution in [0, 0.1) is 17.7 Å². The van der Waals surface area contributed by atoms with Gasteiger partial charge in [-0.3, -0.25) is 14.1 Å². The number of anilines is 1. The van der Waals surface area contributed by atoms with Crippen molar-refractivity contribution >= 4 is 17.2 Å². The zero-order chi connectivity index (χ0) is 25.4. The van der Waals surface area contributed by atoms with Crippen LogP contribution in [0.2, 0.25) is 0 Å². The molecule has 1 saturated carbocycles. The quantitative estimate of drug-likeness (QED) is 0.344. The second-order valence-corrected chi connectivity index (χ2v) is 9.77. The number of hydrogen-bond donors (Lipinski definition) is 1. The number of carbonyl (C=O) groups excluding carboxylic acids is 1. The van der Waals surface area contributed by atoms with E-state index in [-0.39, 0.29) is 17.5 Å². The van der Waals surface area contributed by atoms with Crippen molar-refractivity contribution in [3.05, 3.63) is 83.7 Å². The summed E-state index contributed by atoms with van der Waals surface area (Å²) in [7, 11) is 0. The lowest BCUT2D eigenvalue weighted by atomic mass is 10.0. The zero-order valence-electron chi connectivity index (χ0n) is 20.7. The van der Waals surface area contributed by atoms with E-state index in [9.17, 15) is 4.79 Å². The Morgan fingerprint density at radius 2 is 2.03 bits per heavy atom. The van der Waals surface area contributed by atoms with E-state index in [1.165, 1.54) is 24.5 Å². The predicted octanol–water partition coefficient (Wildman–Crippen LogP) is 5.83. The lowest BCUT2D eigenvalue weighted by Gasteiger charge is -2.21. The SMILES string of the molecule is CC#CCN1CCCC1c1cc(-c2ccc(C(=O)Nc3cc(C4CC4)ccn3)cc2F)n2cnccc12. The van der Waals surface area contributed by atoms with Gasteiger partial charge in [0, 0.05) is 29.6 Å². The largest absolute Gasteiger partial charge is 0.307 e. The van der Waals surface area contributed by atoms with E-state index in [0.29, 0.717) is 17.3 Å². The highest BCUT2D eigenvalue weighted by molar-refractivity contribution is 6.04. The Morgan fingerprint density at radius 3 is 2.84 bits per heavy atom. The molecule has 0 spiro atoms. The summed E-state index contributed by atoms with van der Waals surface area (Å²) in [6, 6.07) is 12.8. The van der Waals surface area contributed by atoms with E-state index < -0.39 is 5.82 Å². The number of rotatable bonds is 6.